The van der Waals surface area contributed by atoms with Gasteiger partial charge in [-0.25, -0.2) is 8.42 Å². The molecule has 0 saturated heterocycles. The lowest BCUT2D eigenvalue weighted by Gasteiger charge is -2.10. The maximum absolute atomic E-state index is 11.9. The van der Waals surface area contributed by atoms with Gasteiger partial charge >= 0.3 is 5.97 Å². The zero-order valence-corrected chi connectivity index (χ0v) is 12.3. The zero-order chi connectivity index (χ0) is 14.3. The van der Waals surface area contributed by atoms with Crippen molar-refractivity contribution in [3.05, 3.63) is 0 Å². The molecule has 0 atom stereocenters. The molecule has 0 heterocycles. The molecule has 0 bridgehead atoms. The van der Waals surface area contributed by atoms with Crippen molar-refractivity contribution in [1.29, 1.82) is 0 Å². The second kappa shape index (κ2) is 7.74. The van der Waals surface area contributed by atoms with E-state index in [4.69, 9.17) is 5.11 Å². The van der Waals surface area contributed by atoms with Crippen LogP contribution in [0.4, 0.5) is 0 Å². The average Bonchev–Trinajstić information content (AvgIpc) is 2.81. The Hall–Kier alpha value is -0.760. The molecule has 110 valence electrons. The van der Waals surface area contributed by atoms with Gasteiger partial charge in [-0.15, -0.1) is 11.8 Å². The third-order valence-electron chi connectivity index (χ3n) is 2.94. The molecule has 19 heavy (non-hydrogen) atoms. The Morgan fingerprint density at radius 1 is 1.26 bits per heavy atom. The summed E-state index contributed by atoms with van der Waals surface area (Å²) < 4.78 is 23.8. The van der Waals surface area contributed by atoms with Gasteiger partial charge in [0.15, 0.2) is 9.84 Å². The minimum atomic E-state index is -3.33. The summed E-state index contributed by atoms with van der Waals surface area (Å²) in [4.78, 5) is 21.7. The second-order valence-corrected chi connectivity index (χ2v) is 7.90. The number of rotatable bonds is 8. The molecule has 1 amide bonds. The summed E-state index contributed by atoms with van der Waals surface area (Å²) in [5.41, 5.74) is 0. The third-order valence-corrected chi connectivity index (χ3v) is 6.03. The molecule has 2 N–H and O–H groups in total. The molecule has 8 heteroatoms. The molecule has 1 aliphatic rings. The molecule has 1 saturated carbocycles. The predicted octanol–water partition coefficient (Wildman–Crippen LogP) is 0.278. The lowest BCUT2D eigenvalue weighted by Crippen LogP contribution is -2.35. The summed E-state index contributed by atoms with van der Waals surface area (Å²) in [6.07, 6.45) is 3.14. The number of sulfone groups is 1. The van der Waals surface area contributed by atoms with Crippen LogP contribution in [0.15, 0.2) is 0 Å². The topological polar surface area (TPSA) is 101 Å². The maximum atomic E-state index is 11.9. The van der Waals surface area contributed by atoms with E-state index in [0.29, 0.717) is 18.6 Å². The van der Waals surface area contributed by atoms with Gasteiger partial charge in [0.05, 0.1) is 11.0 Å². The van der Waals surface area contributed by atoms with E-state index in [2.05, 4.69) is 5.32 Å². The van der Waals surface area contributed by atoms with E-state index in [1.807, 2.05) is 0 Å². The molecule has 1 aliphatic carbocycles. The number of thioether (sulfide) groups is 1. The van der Waals surface area contributed by atoms with Crippen LogP contribution in [0.5, 0.6) is 0 Å². The highest BCUT2D eigenvalue weighted by Crippen LogP contribution is 2.24. The number of hydrogen-bond donors (Lipinski definition) is 2. The quantitative estimate of drug-likeness (QED) is 0.625. The number of amides is 1. The van der Waals surface area contributed by atoms with Crippen molar-refractivity contribution in [3.8, 4) is 0 Å². The lowest BCUT2D eigenvalue weighted by atomic mass is 10.4. The van der Waals surface area contributed by atoms with Crippen molar-refractivity contribution in [3.63, 3.8) is 0 Å². The Balaban J connectivity index is 2.21. The van der Waals surface area contributed by atoms with Crippen molar-refractivity contribution in [2.45, 2.75) is 30.9 Å². The van der Waals surface area contributed by atoms with E-state index in [1.165, 1.54) is 11.8 Å². The van der Waals surface area contributed by atoms with Crippen LogP contribution in [0.2, 0.25) is 0 Å². The van der Waals surface area contributed by atoms with Crippen molar-refractivity contribution >= 4 is 33.5 Å². The Bertz CT molecular complexity index is 415. The Morgan fingerprint density at radius 3 is 2.47 bits per heavy atom. The summed E-state index contributed by atoms with van der Waals surface area (Å²) in [5, 5.41) is 10.6. The number of carboxylic acids is 1. The largest absolute Gasteiger partial charge is 0.481 e. The monoisotopic (exact) mass is 309 g/mol. The number of hydrogen-bond acceptors (Lipinski definition) is 5. The number of nitrogens with one attached hydrogen (secondary N) is 1. The van der Waals surface area contributed by atoms with Gasteiger partial charge in [-0.05, 0) is 12.8 Å². The van der Waals surface area contributed by atoms with Crippen molar-refractivity contribution < 1.29 is 23.1 Å². The SMILES string of the molecule is O=C(O)CSCCNC(=O)CS(=O)(=O)C1CCCC1. The zero-order valence-electron chi connectivity index (χ0n) is 10.6. The average molecular weight is 309 g/mol. The smallest absolute Gasteiger partial charge is 0.313 e. The first-order valence-electron chi connectivity index (χ1n) is 6.19. The van der Waals surface area contributed by atoms with Crippen LogP contribution in [0.1, 0.15) is 25.7 Å². The minimum absolute atomic E-state index is 0.0176. The van der Waals surface area contributed by atoms with Gasteiger partial charge in [0, 0.05) is 12.3 Å². The maximum Gasteiger partial charge on any atom is 0.313 e. The summed E-state index contributed by atoms with van der Waals surface area (Å²) in [7, 11) is -3.33. The van der Waals surface area contributed by atoms with E-state index in [-0.39, 0.29) is 17.5 Å². The molecular formula is C11H19NO5S2. The van der Waals surface area contributed by atoms with Crippen molar-refractivity contribution in [2.24, 2.45) is 0 Å². The van der Waals surface area contributed by atoms with Gasteiger partial charge in [0.25, 0.3) is 0 Å². The van der Waals surface area contributed by atoms with Crippen LogP contribution < -0.4 is 5.32 Å². The number of carbonyl (C=O) groups excluding carboxylic acids is 1. The standard InChI is InChI=1S/C11H19NO5S2/c13-10(12-5-6-18-7-11(14)15)8-19(16,17)9-3-1-2-4-9/h9H,1-8H2,(H,12,13)(H,14,15). The molecule has 0 aliphatic heterocycles. The number of aliphatic carboxylic acids is 1. The second-order valence-electron chi connectivity index (χ2n) is 4.51. The van der Waals surface area contributed by atoms with Crippen LogP contribution >= 0.6 is 11.8 Å². The summed E-state index contributed by atoms with van der Waals surface area (Å²) in [6.45, 7) is 0.289. The highest BCUT2D eigenvalue weighted by Gasteiger charge is 2.30. The van der Waals surface area contributed by atoms with Gasteiger partial charge < -0.3 is 10.4 Å². The molecule has 1 rings (SSSR count). The third kappa shape index (κ3) is 6.29. The van der Waals surface area contributed by atoms with Crippen molar-refractivity contribution in [1.82, 2.24) is 5.32 Å². The van der Waals surface area contributed by atoms with Gasteiger partial charge in [-0.2, -0.15) is 0 Å². The summed E-state index contributed by atoms with van der Waals surface area (Å²) >= 11 is 1.18. The lowest BCUT2D eigenvalue weighted by molar-refractivity contribution is -0.133. The molecule has 0 unspecified atom stereocenters. The molecule has 0 aromatic rings. The van der Waals surface area contributed by atoms with E-state index >= 15 is 0 Å². The Kier molecular flexibility index (Phi) is 6.64. The van der Waals surface area contributed by atoms with Crippen LogP contribution in [0.3, 0.4) is 0 Å². The first-order chi connectivity index (χ1) is 8.92. The minimum Gasteiger partial charge on any atom is -0.481 e. The van der Waals surface area contributed by atoms with Gasteiger partial charge in [-0.1, -0.05) is 12.8 Å². The Morgan fingerprint density at radius 2 is 1.89 bits per heavy atom. The molecular weight excluding hydrogens is 290 g/mol. The van der Waals surface area contributed by atoms with E-state index in [9.17, 15) is 18.0 Å². The Labute approximate surface area is 117 Å². The van der Waals surface area contributed by atoms with Crippen molar-refractivity contribution in [2.75, 3.05) is 23.8 Å². The van der Waals surface area contributed by atoms with Gasteiger partial charge in [-0.3, -0.25) is 9.59 Å². The fourth-order valence-corrected chi connectivity index (χ4v) is 4.34. The van der Waals surface area contributed by atoms with Crippen LogP contribution in [0, 0.1) is 0 Å². The summed E-state index contributed by atoms with van der Waals surface area (Å²) in [6, 6.07) is 0. The van der Waals surface area contributed by atoms with Crippen LogP contribution in [-0.4, -0.2) is 54.5 Å². The fraction of sp³-hybridized carbons (Fsp3) is 0.818. The molecule has 0 spiro atoms. The molecule has 0 aromatic heterocycles. The van der Waals surface area contributed by atoms with Gasteiger partial charge in [0.1, 0.15) is 5.75 Å². The van der Waals surface area contributed by atoms with E-state index in [0.717, 1.165) is 12.8 Å². The van der Waals surface area contributed by atoms with Crippen LogP contribution in [0.25, 0.3) is 0 Å². The molecule has 1 fully saturated rings. The van der Waals surface area contributed by atoms with E-state index < -0.39 is 27.5 Å². The molecule has 0 aromatic carbocycles. The number of carbonyl (C=O) groups is 2. The first-order valence-corrected chi connectivity index (χ1v) is 9.06. The number of carboxylic acid groups (broad SMARTS) is 1. The van der Waals surface area contributed by atoms with E-state index in [1.54, 1.807) is 0 Å². The predicted molar refractivity (Wildman–Crippen MR) is 74.0 cm³/mol. The molecule has 0 radical (unpaired) electrons. The first kappa shape index (κ1) is 16.3. The highest BCUT2D eigenvalue weighted by atomic mass is 32.2. The molecule has 6 nitrogen and oxygen atoms in total. The normalized spacial score (nSPS) is 16.4. The highest BCUT2D eigenvalue weighted by molar-refractivity contribution is 7.99. The van der Waals surface area contributed by atoms with Gasteiger partial charge in [0.2, 0.25) is 5.91 Å². The van der Waals surface area contributed by atoms with Crippen LogP contribution in [-0.2, 0) is 19.4 Å². The summed E-state index contributed by atoms with van der Waals surface area (Å²) in [5.74, 6) is -1.41. The fourth-order valence-electron chi connectivity index (χ4n) is 2.02.